The molecule has 0 aliphatic carbocycles. The molecule has 0 fully saturated rings. The Hall–Kier alpha value is -0.760. The van der Waals surface area contributed by atoms with E-state index in [2.05, 4.69) is 4.98 Å². The second kappa shape index (κ2) is 4.47. The maximum Gasteiger partial charge on any atom is 0.218 e. The Kier molecular flexibility index (Phi) is 3.55. The number of oxazole rings is 1. The number of rotatable bonds is 3. The summed E-state index contributed by atoms with van der Waals surface area (Å²) in [6, 6.07) is 0. The number of allylic oxidation sites excluding steroid dienone is 1. The minimum atomic E-state index is 0.161. The zero-order chi connectivity index (χ0) is 9.84. The minimum absolute atomic E-state index is 0.161. The highest BCUT2D eigenvalue weighted by atomic mass is 35.5. The zero-order valence-electron chi connectivity index (χ0n) is 8.17. The maximum absolute atomic E-state index is 5.78. The van der Waals surface area contributed by atoms with Crippen LogP contribution in [0.4, 0.5) is 0 Å². The van der Waals surface area contributed by atoms with Crippen molar-refractivity contribution in [3.63, 3.8) is 0 Å². The largest absolute Gasteiger partial charge is 0.442 e. The topological polar surface area (TPSA) is 26.0 Å². The summed E-state index contributed by atoms with van der Waals surface area (Å²) < 4.78 is 5.36. The summed E-state index contributed by atoms with van der Waals surface area (Å²) in [5.41, 5.74) is 0.943. The van der Waals surface area contributed by atoms with Gasteiger partial charge in [-0.2, -0.15) is 0 Å². The predicted molar refractivity (Wildman–Crippen MR) is 54.9 cm³/mol. The normalized spacial score (nSPS) is 13.8. The number of alkyl halides is 1. The first-order chi connectivity index (χ1) is 6.09. The monoisotopic (exact) mass is 199 g/mol. The van der Waals surface area contributed by atoms with Gasteiger partial charge < -0.3 is 4.42 Å². The molecule has 3 heteroatoms. The summed E-state index contributed by atoms with van der Waals surface area (Å²) in [5.74, 6) is 1.53. The van der Waals surface area contributed by atoms with Crippen molar-refractivity contribution < 1.29 is 4.42 Å². The summed E-state index contributed by atoms with van der Waals surface area (Å²) >= 11 is 5.78. The molecule has 0 aliphatic rings. The molecule has 0 aliphatic heterocycles. The molecule has 0 aromatic carbocycles. The summed E-state index contributed by atoms with van der Waals surface area (Å²) in [4.78, 5) is 4.21. The number of hydrogen-bond acceptors (Lipinski definition) is 2. The Bertz CT molecular complexity index is 282. The molecule has 0 saturated heterocycles. The number of nitrogens with zero attached hydrogens (tertiary/aromatic N) is 1. The molecule has 0 radical (unpaired) electrons. The van der Waals surface area contributed by atoms with Crippen molar-refractivity contribution in [2.45, 2.75) is 32.6 Å². The van der Waals surface area contributed by atoms with E-state index in [1.165, 1.54) is 0 Å². The van der Waals surface area contributed by atoms with E-state index in [1.807, 2.05) is 32.9 Å². The zero-order valence-corrected chi connectivity index (χ0v) is 8.93. The van der Waals surface area contributed by atoms with Gasteiger partial charge in [0.25, 0.3) is 0 Å². The van der Waals surface area contributed by atoms with Crippen molar-refractivity contribution in [2.75, 3.05) is 0 Å². The number of hydrogen-bond donors (Lipinski definition) is 0. The smallest absolute Gasteiger partial charge is 0.218 e. The fourth-order valence-corrected chi connectivity index (χ4v) is 1.03. The molecule has 72 valence electrons. The average Bonchev–Trinajstić information content (AvgIpc) is 2.30. The lowest BCUT2D eigenvalue weighted by Crippen LogP contribution is -1.84. The molecule has 0 N–H and O–H groups in total. The van der Waals surface area contributed by atoms with Crippen molar-refractivity contribution in [1.82, 2.24) is 4.98 Å². The Morgan fingerprint density at radius 3 is 2.69 bits per heavy atom. The molecular weight excluding hydrogens is 186 g/mol. The van der Waals surface area contributed by atoms with Gasteiger partial charge in [0.05, 0.1) is 5.69 Å². The van der Waals surface area contributed by atoms with Gasteiger partial charge >= 0.3 is 0 Å². The molecule has 1 aromatic rings. The van der Waals surface area contributed by atoms with Crippen LogP contribution < -0.4 is 0 Å². The first-order valence-electron chi connectivity index (χ1n) is 4.34. The molecular formula is C10H14ClNO. The Morgan fingerprint density at radius 2 is 2.23 bits per heavy atom. The van der Waals surface area contributed by atoms with Gasteiger partial charge in [0.2, 0.25) is 5.89 Å². The van der Waals surface area contributed by atoms with Crippen molar-refractivity contribution in [3.8, 4) is 0 Å². The molecule has 1 rings (SSSR count). The first kappa shape index (κ1) is 10.3. The van der Waals surface area contributed by atoms with Crippen LogP contribution in [0, 0.1) is 13.8 Å². The van der Waals surface area contributed by atoms with Crippen LogP contribution in [0.3, 0.4) is 0 Å². The van der Waals surface area contributed by atoms with Crippen molar-refractivity contribution in [2.24, 2.45) is 0 Å². The van der Waals surface area contributed by atoms with Crippen LogP contribution >= 0.6 is 11.6 Å². The third kappa shape index (κ3) is 3.23. The Labute approximate surface area is 83.6 Å². The predicted octanol–water partition coefficient (Wildman–Crippen LogP) is 3.32. The fourth-order valence-electron chi connectivity index (χ4n) is 0.925. The number of aromatic nitrogens is 1. The van der Waals surface area contributed by atoms with Gasteiger partial charge in [-0.15, -0.1) is 11.6 Å². The SMILES string of the molecule is Cc1nc(/C=C/CC(C)Cl)oc1C. The van der Waals surface area contributed by atoms with Gasteiger partial charge in [0.1, 0.15) is 5.76 Å². The molecule has 2 nitrogen and oxygen atoms in total. The third-order valence-electron chi connectivity index (χ3n) is 1.77. The molecule has 0 bridgehead atoms. The molecule has 0 amide bonds. The van der Waals surface area contributed by atoms with Crippen LogP contribution in [-0.4, -0.2) is 10.4 Å². The van der Waals surface area contributed by atoms with Gasteiger partial charge in [-0.1, -0.05) is 6.08 Å². The van der Waals surface area contributed by atoms with E-state index in [9.17, 15) is 0 Å². The summed E-state index contributed by atoms with van der Waals surface area (Å²) in [6.45, 7) is 5.79. The summed E-state index contributed by atoms with van der Waals surface area (Å²) in [7, 11) is 0. The minimum Gasteiger partial charge on any atom is -0.442 e. The van der Waals surface area contributed by atoms with Crippen LogP contribution in [-0.2, 0) is 0 Å². The highest BCUT2D eigenvalue weighted by molar-refractivity contribution is 6.20. The first-order valence-corrected chi connectivity index (χ1v) is 4.78. The molecule has 1 aromatic heterocycles. The van der Waals surface area contributed by atoms with Gasteiger partial charge in [-0.25, -0.2) is 4.98 Å². The van der Waals surface area contributed by atoms with Crippen LogP contribution in [0.15, 0.2) is 10.5 Å². The number of halogens is 1. The van der Waals surface area contributed by atoms with Gasteiger partial charge in [0.15, 0.2) is 0 Å². The van der Waals surface area contributed by atoms with E-state index in [1.54, 1.807) is 0 Å². The van der Waals surface area contributed by atoms with Crippen LogP contribution in [0.25, 0.3) is 6.08 Å². The van der Waals surface area contributed by atoms with Crippen molar-refractivity contribution >= 4 is 17.7 Å². The molecule has 0 spiro atoms. The molecule has 13 heavy (non-hydrogen) atoms. The van der Waals surface area contributed by atoms with Gasteiger partial charge in [-0.05, 0) is 33.3 Å². The van der Waals surface area contributed by atoms with Gasteiger partial charge in [0, 0.05) is 5.38 Å². The van der Waals surface area contributed by atoms with Crippen molar-refractivity contribution in [3.05, 3.63) is 23.4 Å². The van der Waals surface area contributed by atoms with Gasteiger partial charge in [-0.3, -0.25) is 0 Å². The van der Waals surface area contributed by atoms with E-state index >= 15 is 0 Å². The highest BCUT2D eigenvalue weighted by Gasteiger charge is 2.01. The van der Waals surface area contributed by atoms with Crippen LogP contribution in [0.2, 0.25) is 0 Å². The molecule has 1 heterocycles. The van der Waals surface area contributed by atoms with E-state index in [0.29, 0.717) is 5.89 Å². The highest BCUT2D eigenvalue weighted by Crippen LogP contribution is 2.10. The number of aryl methyl sites for hydroxylation is 2. The quantitative estimate of drug-likeness (QED) is 0.698. The molecule has 0 saturated carbocycles. The fraction of sp³-hybridized carbons (Fsp3) is 0.500. The lowest BCUT2D eigenvalue weighted by atomic mass is 10.3. The lowest BCUT2D eigenvalue weighted by molar-refractivity contribution is 0.515. The third-order valence-corrected chi connectivity index (χ3v) is 1.94. The van der Waals surface area contributed by atoms with Crippen LogP contribution in [0.1, 0.15) is 30.7 Å². The lowest BCUT2D eigenvalue weighted by Gasteiger charge is -1.92. The standard InChI is InChI=1S/C10H14ClNO/c1-7(11)5-4-6-10-12-8(2)9(3)13-10/h4,6-7H,5H2,1-3H3/b6-4+. The van der Waals surface area contributed by atoms with E-state index < -0.39 is 0 Å². The molecule has 1 atom stereocenters. The summed E-state index contributed by atoms with van der Waals surface area (Å²) in [6.07, 6.45) is 4.67. The van der Waals surface area contributed by atoms with Crippen LogP contribution in [0.5, 0.6) is 0 Å². The average molecular weight is 200 g/mol. The van der Waals surface area contributed by atoms with E-state index in [4.69, 9.17) is 16.0 Å². The van der Waals surface area contributed by atoms with E-state index in [0.717, 1.165) is 17.9 Å². The molecule has 1 unspecified atom stereocenters. The Morgan fingerprint density at radius 1 is 1.54 bits per heavy atom. The maximum atomic E-state index is 5.78. The van der Waals surface area contributed by atoms with Crippen molar-refractivity contribution in [1.29, 1.82) is 0 Å². The second-order valence-corrected chi connectivity index (χ2v) is 3.86. The van der Waals surface area contributed by atoms with E-state index in [-0.39, 0.29) is 5.38 Å². The second-order valence-electron chi connectivity index (χ2n) is 3.11. The Balaban J connectivity index is 2.59. The summed E-state index contributed by atoms with van der Waals surface area (Å²) in [5, 5.41) is 0.161.